The molecule has 0 aromatic heterocycles. The highest BCUT2D eigenvalue weighted by molar-refractivity contribution is 6.22. The maximum atomic E-state index is 12.4. The van der Waals surface area contributed by atoms with Gasteiger partial charge in [-0.15, -0.1) is 0 Å². The van der Waals surface area contributed by atoms with Crippen molar-refractivity contribution in [3.8, 4) is 0 Å². The van der Waals surface area contributed by atoms with E-state index in [1.165, 1.54) is 4.90 Å². The molecule has 1 fully saturated rings. The van der Waals surface area contributed by atoms with E-state index in [2.05, 4.69) is 0 Å². The summed E-state index contributed by atoms with van der Waals surface area (Å²) in [5.74, 6) is -0.384. The molecule has 19 heavy (non-hydrogen) atoms. The van der Waals surface area contributed by atoms with Gasteiger partial charge in [-0.3, -0.25) is 14.5 Å². The number of hydrogen-bond donors (Lipinski definition) is 0. The van der Waals surface area contributed by atoms with Gasteiger partial charge in [-0.05, 0) is 49.9 Å². The molecule has 3 nitrogen and oxygen atoms in total. The van der Waals surface area contributed by atoms with Crippen LogP contribution in [0.3, 0.4) is 0 Å². The van der Waals surface area contributed by atoms with Crippen molar-refractivity contribution in [3.05, 3.63) is 41.5 Å². The highest BCUT2D eigenvalue weighted by Crippen LogP contribution is 2.37. The minimum absolute atomic E-state index is 0.0376. The van der Waals surface area contributed by atoms with Crippen molar-refractivity contribution < 1.29 is 9.59 Å². The minimum Gasteiger partial charge on any atom is -0.274 e. The highest BCUT2D eigenvalue weighted by atomic mass is 16.2. The molecule has 1 heterocycles. The minimum atomic E-state index is -0.154. The molecule has 3 rings (SSSR count). The van der Waals surface area contributed by atoms with Crippen LogP contribution in [0.4, 0.5) is 5.69 Å². The van der Waals surface area contributed by atoms with E-state index in [0.29, 0.717) is 12.8 Å². The van der Waals surface area contributed by atoms with Gasteiger partial charge in [-0.1, -0.05) is 18.2 Å². The summed E-state index contributed by atoms with van der Waals surface area (Å²) in [5.41, 5.74) is 2.87. The summed E-state index contributed by atoms with van der Waals surface area (Å²) < 4.78 is 0. The SMILES string of the molecule is Cc1cc(C)cc(N2C(=O)[C@@H]3CC=CC[C@H]3C2=O)c1. The largest absolute Gasteiger partial charge is 0.274 e. The molecule has 0 saturated carbocycles. The molecule has 3 heteroatoms. The molecule has 1 aliphatic carbocycles. The first-order valence-electron chi connectivity index (χ1n) is 6.69. The zero-order valence-electron chi connectivity index (χ0n) is 11.2. The molecule has 0 unspecified atom stereocenters. The van der Waals surface area contributed by atoms with Gasteiger partial charge >= 0.3 is 0 Å². The Morgan fingerprint density at radius 3 is 1.84 bits per heavy atom. The predicted molar refractivity (Wildman–Crippen MR) is 73.8 cm³/mol. The number of allylic oxidation sites excluding steroid dienone is 2. The van der Waals surface area contributed by atoms with Crippen molar-refractivity contribution in [1.82, 2.24) is 0 Å². The number of hydrogen-bond acceptors (Lipinski definition) is 2. The first kappa shape index (κ1) is 12.2. The Kier molecular flexibility index (Phi) is 2.77. The molecule has 2 amide bonds. The lowest BCUT2D eigenvalue weighted by atomic mass is 9.85. The normalized spacial score (nSPS) is 25.9. The Morgan fingerprint density at radius 2 is 1.37 bits per heavy atom. The summed E-state index contributed by atoms with van der Waals surface area (Å²) in [5, 5.41) is 0. The second-order valence-corrected chi connectivity index (χ2v) is 5.51. The Hall–Kier alpha value is -1.90. The first-order chi connectivity index (χ1) is 9.08. The average molecular weight is 255 g/mol. The van der Waals surface area contributed by atoms with Gasteiger partial charge in [0, 0.05) is 0 Å². The molecule has 1 aliphatic heterocycles. The summed E-state index contributed by atoms with van der Waals surface area (Å²) >= 11 is 0. The van der Waals surface area contributed by atoms with E-state index in [1.807, 2.05) is 44.2 Å². The van der Waals surface area contributed by atoms with E-state index in [-0.39, 0.29) is 23.7 Å². The number of carbonyl (C=O) groups is 2. The van der Waals surface area contributed by atoms with E-state index in [1.54, 1.807) is 0 Å². The van der Waals surface area contributed by atoms with E-state index in [9.17, 15) is 9.59 Å². The number of rotatable bonds is 1. The molecule has 0 N–H and O–H groups in total. The van der Waals surface area contributed by atoms with Crippen LogP contribution >= 0.6 is 0 Å². The second kappa shape index (κ2) is 4.34. The van der Waals surface area contributed by atoms with Crippen LogP contribution in [0, 0.1) is 25.7 Å². The molecule has 1 aromatic carbocycles. The van der Waals surface area contributed by atoms with Crippen LogP contribution in [0.15, 0.2) is 30.4 Å². The van der Waals surface area contributed by atoms with Gasteiger partial charge in [0.05, 0.1) is 17.5 Å². The number of imide groups is 1. The van der Waals surface area contributed by atoms with Gasteiger partial charge in [0.25, 0.3) is 0 Å². The van der Waals surface area contributed by atoms with Crippen molar-refractivity contribution in [2.45, 2.75) is 26.7 Å². The summed E-state index contributed by atoms with van der Waals surface area (Å²) in [6.07, 6.45) is 5.40. The summed E-state index contributed by atoms with van der Waals surface area (Å²) in [4.78, 5) is 26.3. The fourth-order valence-corrected chi connectivity index (χ4v) is 3.13. The van der Waals surface area contributed by atoms with Crippen LogP contribution in [-0.4, -0.2) is 11.8 Å². The van der Waals surface area contributed by atoms with Crippen LogP contribution in [0.5, 0.6) is 0 Å². The van der Waals surface area contributed by atoms with Gasteiger partial charge in [0.15, 0.2) is 0 Å². The molecule has 98 valence electrons. The number of anilines is 1. The second-order valence-electron chi connectivity index (χ2n) is 5.51. The van der Waals surface area contributed by atoms with Crippen LogP contribution in [0.25, 0.3) is 0 Å². The Morgan fingerprint density at radius 1 is 0.895 bits per heavy atom. The van der Waals surface area contributed by atoms with E-state index in [4.69, 9.17) is 0 Å². The predicted octanol–water partition coefficient (Wildman–Crippen LogP) is 2.76. The maximum absolute atomic E-state index is 12.4. The average Bonchev–Trinajstić information content (AvgIpc) is 2.61. The van der Waals surface area contributed by atoms with Gasteiger partial charge in [0.1, 0.15) is 0 Å². The third-order valence-corrected chi connectivity index (χ3v) is 3.97. The lowest BCUT2D eigenvalue weighted by Crippen LogP contribution is -2.31. The lowest BCUT2D eigenvalue weighted by molar-refractivity contribution is -0.122. The number of nitrogens with zero attached hydrogens (tertiary/aromatic N) is 1. The number of aryl methyl sites for hydroxylation is 2. The highest BCUT2D eigenvalue weighted by Gasteiger charge is 2.47. The number of carbonyl (C=O) groups excluding carboxylic acids is 2. The summed E-state index contributed by atoms with van der Waals surface area (Å²) in [6.45, 7) is 3.96. The van der Waals surface area contributed by atoms with Crippen LogP contribution in [-0.2, 0) is 9.59 Å². The quantitative estimate of drug-likeness (QED) is 0.571. The van der Waals surface area contributed by atoms with Gasteiger partial charge in [-0.25, -0.2) is 0 Å². The topological polar surface area (TPSA) is 37.4 Å². The first-order valence-corrected chi connectivity index (χ1v) is 6.69. The fourth-order valence-electron chi connectivity index (χ4n) is 3.13. The Bertz CT molecular complexity index is 542. The molecular weight excluding hydrogens is 238 g/mol. The molecule has 1 saturated heterocycles. The van der Waals surface area contributed by atoms with E-state index < -0.39 is 0 Å². The third-order valence-electron chi connectivity index (χ3n) is 3.97. The summed E-state index contributed by atoms with van der Waals surface area (Å²) in [6, 6.07) is 5.87. The molecule has 0 spiro atoms. The molecule has 2 atom stereocenters. The summed E-state index contributed by atoms with van der Waals surface area (Å²) in [7, 11) is 0. The molecular formula is C16H17NO2. The van der Waals surface area contributed by atoms with E-state index >= 15 is 0 Å². The smallest absolute Gasteiger partial charge is 0.238 e. The zero-order chi connectivity index (χ0) is 13.6. The monoisotopic (exact) mass is 255 g/mol. The van der Waals surface area contributed by atoms with Crippen molar-refractivity contribution in [2.24, 2.45) is 11.8 Å². The number of benzene rings is 1. The lowest BCUT2D eigenvalue weighted by Gasteiger charge is -2.16. The van der Waals surface area contributed by atoms with Gasteiger partial charge in [0.2, 0.25) is 11.8 Å². The molecule has 1 aromatic rings. The van der Waals surface area contributed by atoms with Crippen LogP contribution in [0.1, 0.15) is 24.0 Å². The van der Waals surface area contributed by atoms with E-state index in [0.717, 1.165) is 16.8 Å². The molecule has 0 radical (unpaired) electrons. The van der Waals surface area contributed by atoms with Gasteiger partial charge in [-0.2, -0.15) is 0 Å². The third kappa shape index (κ3) is 1.89. The van der Waals surface area contributed by atoms with Crippen LogP contribution in [0.2, 0.25) is 0 Å². The van der Waals surface area contributed by atoms with Crippen molar-refractivity contribution in [3.63, 3.8) is 0 Å². The van der Waals surface area contributed by atoms with Crippen molar-refractivity contribution >= 4 is 17.5 Å². The fraction of sp³-hybridized carbons (Fsp3) is 0.375. The zero-order valence-corrected chi connectivity index (χ0v) is 11.2. The molecule has 0 bridgehead atoms. The Balaban J connectivity index is 2.01. The standard InChI is InChI=1S/C16H17NO2/c1-10-7-11(2)9-12(8-10)17-15(18)13-5-3-4-6-14(13)16(17)19/h3-4,7-9,13-14H,5-6H2,1-2H3/t13-,14-/m1/s1. The van der Waals surface area contributed by atoms with Gasteiger partial charge < -0.3 is 0 Å². The van der Waals surface area contributed by atoms with Crippen molar-refractivity contribution in [2.75, 3.05) is 4.90 Å². The Labute approximate surface area is 112 Å². The van der Waals surface area contributed by atoms with Crippen molar-refractivity contribution in [1.29, 1.82) is 0 Å². The van der Waals surface area contributed by atoms with Crippen LogP contribution < -0.4 is 4.90 Å². The number of fused-ring (bicyclic) bond motifs is 1. The molecule has 2 aliphatic rings. The maximum Gasteiger partial charge on any atom is 0.238 e. The number of amides is 2.